The van der Waals surface area contributed by atoms with Gasteiger partial charge in [-0.05, 0) is 0 Å². The predicted octanol–water partition coefficient (Wildman–Crippen LogP) is -0.673. The van der Waals surface area contributed by atoms with E-state index in [1.165, 1.54) is 35.4 Å². The van der Waals surface area contributed by atoms with Crippen LogP contribution in [0.3, 0.4) is 0 Å². The van der Waals surface area contributed by atoms with Gasteiger partial charge in [0.2, 0.25) is 0 Å². The molecule has 1 unspecified atom stereocenters. The van der Waals surface area contributed by atoms with Crippen LogP contribution in [0.5, 0.6) is 0 Å². The zero-order valence-electron chi connectivity index (χ0n) is 13.0. The number of rotatable bonds is 7. The number of ether oxygens (including phenoxy) is 6. The first-order chi connectivity index (χ1) is 9.99. The van der Waals surface area contributed by atoms with Crippen molar-refractivity contribution in [3.05, 3.63) is 0 Å². The highest BCUT2D eigenvalue weighted by atomic mass is 16.7. The Bertz CT molecular complexity index is 323. The van der Waals surface area contributed by atoms with Crippen molar-refractivity contribution in [3.63, 3.8) is 0 Å². The van der Waals surface area contributed by atoms with E-state index >= 15 is 0 Å². The van der Waals surface area contributed by atoms with Gasteiger partial charge in [-0.3, -0.25) is 4.79 Å². The van der Waals surface area contributed by atoms with Crippen molar-refractivity contribution in [1.82, 2.24) is 0 Å². The number of hydrogen-bond donors (Lipinski definition) is 1. The normalized spacial score (nSPS) is 34.5. The number of esters is 1. The molecule has 1 saturated heterocycles. The molecule has 8 nitrogen and oxygen atoms in total. The number of carbonyl (C=O) groups excluding carboxylic acids is 1. The van der Waals surface area contributed by atoms with E-state index in [0.29, 0.717) is 0 Å². The van der Waals surface area contributed by atoms with E-state index in [1.807, 2.05) is 0 Å². The minimum Gasteiger partial charge on any atom is -0.454 e. The van der Waals surface area contributed by atoms with Gasteiger partial charge >= 0.3 is 5.97 Å². The van der Waals surface area contributed by atoms with Crippen molar-refractivity contribution in [2.75, 3.05) is 35.0 Å². The zero-order chi connectivity index (χ0) is 16.0. The fourth-order valence-electron chi connectivity index (χ4n) is 2.47. The van der Waals surface area contributed by atoms with Gasteiger partial charge in [0.15, 0.2) is 12.4 Å². The lowest BCUT2D eigenvalue weighted by atomic mass is 9.95. The molecule has 0 bridgehead atoms. The topological polar surface area (TPSA) is 92.7 Å². The molecule has 6 atom stereocenters. The average molecular weight is 308 g/mol. The van der Waals surface area contributed by atoms with Crippen LogP contribution in [-0.4, -0.2) is 82.9 Å². The first-order valence-corrected chi connectivity index (χ1v) is 6.58. The standard InChI is InChI=1S/C13H24O8/c1-7(14)20-12-11(19-5)10(18-4)9(21-13(12)15)8(17-3)6-16-2/h8-13,15H,6H2,1-5H3/t8-,9+,10+,11-,12+,13?/m0/s1. The largest absolute Gasteiger partial charge is 0.454 e. The van der Waals surface area contributed by atoms with Gasteiger partial charge in [-0.15, -0.1) is 0 Å². The fourth-order valence-corrected chi connectivity index (χ4v) is 2.47. The molecule has 8 heteroatoms. The summed E-state index contributed by atoms with van der Waals surface area (Å²) in [5.74, 6) is -0.543. The van der Waals surface area contributed by atoms with Crippen LogP contribution in [0.15, 0.2) is 0 Å². The summed E-state index contributed by atoms with van der Waals surface area (Å²) in [7, 11) is 5.96. The second kappa shape index (κ2) is 8.62. The lowest BCUT2D eigenvalue weighted by molar-refractivity contribution is -0.310. The maximum atomic E-state index is 11.2. The van der Waals surface area contributed by atoms with E-state index in [2.05, 4.69) is 0 Å². The van der Waals surface area contributed by atoms with E-state index in [0.717, 1.165) is 0 Å². The van der Waals surface area contributed by atoms with E-state index in [4.69, 9.17) is 28.4 Å². The molecule has 1 heterocycles. The molecule has 124 valence electrons. The number of carbonyl (C=O) groups is 1. The first kappa shape index (κ1) is 18.3. The first-order valence-electron chi connectivity index (χ1n) is 6.58. The van der Waals surface area contributed by atoms with Crippen LogP contribution >= 0.6 is 0 Å². The third-order valence-corrected chi connectivity index (χ3v) is 3.40. The molecule has 21 heavy (non-hydrogen) atoms. The van der Waals surface area contributed by atoms with Gasteiger partial charge in [0, 0.05) is 35.4 Å². The molecule has 1 aliphatic rings. The molecule has 0 aromatic rings. The molecule has 0 radical (unpaired) electrons. The Morgan fingerprint density at radius 3 is 2.19 bits per heavy atom. The zero-order valence-corrected chi connectivity index (χ0v) is 13.0. The van der Waals surface area contributed by atoms with Crippen LogP contribution in [0.25, 0.3) is 0 Å². The average Bonchev–Trinajstić information content (AvgIpc) is 2.45. The molecule has 0 spiro atoms. The molecule has 1 aliphatic heterocycles. The van der Waals surface area contributed by atoms with Gasteiger partial charge in [-0.2, -0.15) is 0 Å². The summed E-state index contributed by atoms with van der Waals surface area (Å²) < 4.78 is 31.7. The van der Waals surface area contributed by atoms with E-state index in [1.54, 1.807) is 0 Å². The number of hydrogen-bond acceptors (Lipinski definition) is 8. The van der Waals surface area contributed by atoms with Crippen molar-refractivity contribution in [3.8, 4) is 0 Å². The minimum absolute atomic E-state index is 0.252. The van der Waals surface area contributed by atoms with E-state index in [9.17, 15) is 9.90 Å². The van der Waals surface area contributed by atoms with Crippen LogP contribution < -0.4 is 0 Å². The van der Waals surface area contributed by atoms with Crippen LogP contribution in [0.1, 0.15) is 6.92 Å². The molecule has 1 fully saturated rings. The Morgan fingerprint density at radius 2 is 1.76 bits per heavy atom. The Kier molecular flexibility index (Phi) is 7.50. The molecule has 0 saturated carbocycles. The summed E-state index contributed by atoms with van der Waals surface area (Å²) in [6.45, 7) is 1.50. The van der Waals surface area contributed by atoms with Gasteiger partial charge in [0.05, 0.1) is 6.61 Å². The van der Waals surface area contributed by atoms with Crippen LogP contribution in [0, 0.1) is 0 Å². The van der Waals surface area contributed by atoms with Crippen molar-refractivity contribution in [2.45, 2.75) is 43.7 Å². The maximum absolute atomic E-state index is 11.2. The van der Waals surface area contributed by atoms with Gasteiger partial charge in [-0.25, -0.2) is 0 Å². The second-order valence-corrected chi connectivity index (χ2v) is 4.70. The predicted molar refractivity (Wildman–Crippen MR) is 70.7 cm³/mol. The number of aliphatic hydroxyl groups excluding tert-OH is 1. The van der Waals surface area contributed by atoms with Gasteiger partial charge in [-0.1, -0.05) is 0 Å². The Hall–Kier alpha value is -0.770. The molecule has 0 aromatic heterocycles. The lowest BCUT2D eigenvalue weighted by Gasteiger charge is -2.44. The lowest BCUT2D eigenvalue weighted by Crippen LogP contribution is -2.63. The fraction of sp³-hybridized carbons (Fsp3) is 0.923. The summed E-state index contributed by atoms with van der Waals surface area (Å²) in [5.41, 5.74) is 0. The summed E-state index contributed by atoms with van der Waals surface area (Å²) in [5, 5.41) is 10.1. The van der Waals surface area contributed by atoms with Gasteiger partial charge in [0.1, 0.15) is 24.4 Å². The summed E-state index contributed by atoms with van der Waals surface area (Å²) in [4.78, 5) is 11.2. The third-order valence-electron chi connectivity index (χ3n) is 3.40. The molecular weight excluding hydrogens is 284 g/mol. The highest BCUT2D eigenvalue weighted by Gasteiger charge is 2.50. The smallest absolute Gasteiger partial charge is 0.303 e. The molecule has 0 amide bonds. The summed E-state index contributed by atoms with van der Waals surface area (Å²) >= 11 is 0. The molecule has 1 N–H and O–H groups in total. The van der Waals surface area contributed by atoms with Crippen LogP contribution in [0.2, 0.25) is 0 Å². The molecule has 1 rings (SSSR count). The summed E-state index contributed by atoms with van der Waals surface area (Å²) in [6.07, 6.45) is -4.71. The number of methoxy groups -OCH3 is 4. The highest BCUT2D eigenvalue weighted by Crippen LogP contribution is 2.29. The quantitative estimate of drug-likeness (QED) is 0.619. The maximum Gasteiger partial charge on any atom is 0.303 e. The monoisotopic (exact) mass is 308 g/mol. The SMILES string of the molecule is COC[C@H](OC)[C@H]1OC(O)[C@H](OC(C)=O)[C@@H](OC)[C@@H]1OC. The van der Waals surface area contributed by atoms with E-state index in [-0.39, 0.29) is 6.61 Å². The number of aliphatic hydroxyl groups is 1. The Morgan fingerprint density at radius 1 is 1.14 bits per heavy atom. The summed E-state index contributed by atoms with van der Waals surface area (Å²) in [6, 6.07) is 0. The minimum atomic E-state index is -1.34. The van der Waals surface area contributed by atoms with Crippen LogP contribution in [-0.2, 0) is 33.2 Å². The highest BCUT2D eigenvalue weighted by molar-refractivity contribution is 5.66. The molecule has 0 aromatic carbocycles. The van der Waals surface area contributed by atoms with Gasteiger partial charge in [0.25, 0.3) is 0 Å². The van der Waals surface area contributed by atoms with Crippen molar-refractivity contribution in [1.29, 1.82) is 0 Å². The Labute approximate surface area is 124 Å². The molecular formula is C13H24O8. The van der Waals surface area contributed by atoms with Crippen molar-refractivity contribution >= 4 is 5.97 Å². The second-order valence-electron chi connectivity index (χ2n) is 4.70. The van der Waals surface area contributed by atoms with Crippen molar-refractivity contribution < 1.29 is 38.3 Å². The van der Waals surface area contributed by atoms with Crippen molar-refractivity contribution in [2.24, 2.45) is 0 Å². The van der Waals surface area contributed by atoms with E-state index < -0.39 is 42.8 Å². The molecule has 0 aliphatic carbocycles. The third kappa shape index (κ3) is 4.35. The van der Waals surface area contributed by atoms with Crippen LogP contribution in [0.4, 0.5) is 0 Å². The Balaban J connectivity index is 2.97. The van der Waals surface area contributed by atoms with Gasteiger partial charge < -0.3 is 33.5 Å².